The zero-order chi connectivity index (χ0) is 16.1. The summed E-state index contributed by atoms with van der Waals surface area (Å²) in [6.07, 6.45) is 1.60. The fraction of sp³-hybridized carbons (Fsp3) is 0.562. The fourth-order valence-corrected chi connectivity index (χ4v) is 3.11. The lowest BCUT2D eigenvalue weighted by Crippen LogP contribution is -2.48. The molecule has 2 N–H and O–H groups in total. The Morgan fingerprint density at radius 3 is 2.74 bits per heavy atom. The molecule has 2 rings (SSSR count). The molecule has 1 fully saturated rings. The summed E-state index contributed by atoms with van der Waals surface area (Å²) in [6, 6.07) is 4.20. The predicted octanol–water partition coefficient (Wildman–Crippen LogP) is 3.11. The van der Waals surface area contributed by atoms with Crippen LogP contribution in [0.4, 0.5) is 4.39 Å². The Hall–Kier alpha value is -0.690. The van der Waals surface area contributed by atoms with Gasteiger partial charge in [-0.25, -0.2) is 4.39 Å². The SMILES string of the molecule is CCN(Cc1cc(Br)ccc1F)C(=O)C(N)C1CCOCC1.Cl. The third-order valence-electron chi connectivity index (χ3n) is 4.12. The first kappa shape index (κ1) is 20.4. The van der Waals surface area contributed by atoms with Gasteiger partial charge in [-0.3, -0.25) is 4.79 Å². The lowest BCUT2D eigenvalue weighted by atomic mass is 9.91. The van der Waals surface area contributed by atoms with Gasteiger partial charge < -0.3 is 15.4 Å². The number of hydrogen-bond donors (Lipinski definition) is 1. The van der Waals surface area contributed by atoms with Gasteiger partial charge in [-0.15, -0.1) is 12.4 Å². The average Bonchev–Trinajstić information content (AvgIpc) is 2.55. The van der Waals surface area contributed by atoms with Crippen molar-refractivity contribution in [2.75, 3.05) is 19.8 Å². The zero-order valence-electron chi connectivity index (χ0n) is 13.1. The van der Waals surface area contributed by atoms with E-state index in [0.717, 1.165) is 17.3 Å². The van der Waals surface area contributed by atoms with Crippen LogP contribution in [0.1, 0.15) is 25.3 Å². The van der Waals surface area contributed by atoms with Crippen LogP contribution in [0.2, 0.25) is 0 Å². The molecular formula is C16H23BrClFN2O2. The summed E-state index contributed by atoms with van der Waals surface area (Å²) in [4.78, 5) is 14.2. The van der Waals surface area contributed by atoms with Crippen molar-refractivity contribution in [2.45, 2.75) is 32.4 Å². The minimum absolute atomic E-state index is 0. The monoisotopic (exact) mass is 408 g/mol. The second-order valence-electron chi connectivity index (χ2n) is 5.56. The number of nitrogens with zero attached hydrogens (tertiary/aromatic N) is 1. The number of halogens is 3. The molecule has 130 valence electrons. The summed E-state index contributed by atoms with van der Waals surface area (Å²) < 4.78 is 20.0. The van der Waals surface area contributed by atoms with E-state index in [1.807, 2.05) is 6.92 Å². The highest BCUT2D eigenvalue weighted by molar-refractivity contribution is 9.10. The molecule has 1 atom stereocenters. The number of ether oxygens (including phenoxy) is 1. The van der Waals surface area contributed by atoms with Gasteiger partial charge in [0.1, 0.15) is 5.82 Å². The van der Waals surface area contributed by atoms with Crippen molar-refractivity contribution in [2.24, 2.45) is 11.7 Å². The maximum atomic E-state index is 13.9. The summed E-state index contributed by atoms with van der Waals surface area (Å²) in [5.41, 5.74) is 6.63. The van der Waals surface area contributed by atoms with Gasteiger partial charge in [0.25, 0.3) is 0 Å². The molecule has 1 aromatic rings. The minimum Gasteiger partial charge on any atom is -0.381 e. The van der Waals surface area contributed by atoms with Crippen molar-refractivity contribution in [3.8, 4) is 0 Å². The van der Waals surface area contributed by atoms with Crippen molar-refractivity contribution in [3.05, 3.63) is 34.1 Å². The van der Waals surface area contributed by atoms with Gasteiger partial charge in [0.2, 0.25) is 5.91 Å². The van der Waals surface area contributed by atoms with Crippen LogP contribution in [-0.2, 0) is 16.1 Å². The Kier molecular flexibility index (Phi) is 8.47. The number of nitrogens with two attached hydrogens (primary N) is 1. The summed E-state index contributed by atoms with van der Waals surface area (Å²) >= 11 is 3.33. The van der Waals surface area contributed by atoms with Gasteiger partial charge in [0.05, 0.1) is 6.04 Å². The molecule has 0 radical (unpaired) electrons. The van der Waals surface area contributed by atoms with Crippen molar-refractivity contribution in [1.29, 1.82) is 0 Å². The van der Waals surface area contributed by atoms with Crippen LogP contribution in [-0.4, -0.2) is 36.6 Å². The summed E-state index contributed by atoms with van der Waals surface area (Å²) in [7, 11) is 0. The van der Waals surface area contributed by atoms with Crippen LogP contribution in [0.3, 0.4) is 0 Å². The normalized spacial score (nSPS) is 16.5. The molecule has 0 spiro atoms. The zero-order valence-corrected chi connectivity index (χ0v) is 15.5. The van der Waals surface area contributed by atoms with Crippen molar-refractivity contribution >= 4 is 34.2 Å². The van der Waals surface area contributed by atoms with E-state index in [1.165, 1.54) is 6.07 Å². The summed E-state index contributed by atoms with van der Waals surface area (Å²) in [5.74, 6) is -0.287. The molecule has 7 heteroatoms. The highest BCUT2D eigenvalue weighted by Gasteiger charge is 2.29. The van der Waals surface area contributed by atoms with Crippen LogP contribution in [0.5, 0.6) is 0 Å². The standard InChI is InChI=1S/C16H22BrFN2O2.ClH/c1-2-20(10-12-9-13(17)3-4-14(12)18)16(21)15(19)11-5-7-22-8-6-11;/h3-4,9,11,15H,2,5-8,10,19H2,1H3;1H. The average molecular weight is 410 g/mol. The number of carbonyl (C=O) groups is 1. The topological polar surface area (TPSA) is 55.6 Å². The third-order valence-corrected chi connectivity index (χ3v) is 4.61. The molecule has 0 bridgehead atoms. The number of carbonyl (C=O) groups excluding carboxylic acids is 1. The Labute approximate surface area is 151 Å². The Morgan fingerprint density at radius 1 is 1.48 bits per heavy atom. The first-order chi connectivity index (χ1) is 10.5. The smallest absolute Gasteiger partial charge is 0.240 e. The molecule has 1 amide bonds. The molecule has 1 aromatic carbocycles. The Bertz CT molecular complexity index is 527. The number of amides is 1. The maximum Gasteiger partial charge on any atom is 0.240 e. The molecule has 1 heterocycles. The Morgan fingerprint density at radius 2 is 2.13 bits per heavy atom. The Balaban J connectivity index is 0.00000264. The van der Waals surface area contributed by atoms with Crippen LogP contribution in [0.15, 0.2) is 22.7 Å². The molecule has 1 saturated heterocycles. The first-order valence-electron chi connectivity index (χ1n) is 7.59. The number of likely N-dealkylation sites (N-methyl/N-ethyl adjacent to an activating group) is 1. The summed E-state index contributed by atoms with van der Waals surface area (Å²) in [6.45, 7) is 3.92. The highest BCUT2D eigenvalue weighted by Crippen LogP contribution is 2.21. The van der Waals surface area contributed by atoms with E-state index in [2.05, 4.69) is 15.9 Å². The van der Waals surface area contributed by atoms with E-state index in [1.54, 1.807) is 17.0 Å². The van der Waals surface area contributed by atoms with E-state index in [0.29, 0.717) is 25.3 Å². The van der Waals surface area contributed by atoms with Gasteiger partial charge in [-0.1, -0.05) is 15.9 Å². The lowest BCUT2D eigenvalue weighted by Gasteiger charge is -2.31. The third kappa shape index (κ3) is 5.41. The largest absolute Gasteiger partial charge is 0.381 e. The minimum atomic E-state index is -0.543. The van der Waals surface area contributed by atoms with E-state index >= 15 is 0 Å². The van der Waals surface area contributed by atoms with Gasteiger partial charge in [0, 0.05) is 36.3 Å². The first-order valence-corrected chi connectivity index (χ1v) is 8.38. The molecule has 1 aliphatic rings. The van der Waals surface area contributed by atoms with E-state index in [9.17, 15) is 9.18 Å². The molecule has 4 nitrogen and oxygen atoms in total. The molecule has 1 aliphatic heterocycles. The van der Waals surface area contributed by atoms with Crippen LogP contribution >= 0.6 is 28.3 Å². The van der Waals surface area contributed by atoms with Crippen molar-refractivity contribution in [3.63, 3.8) is 0 Å². The maximum absolute atomic E-state index is 13.9. The molecule has 1 unspecified atom stereocenters. The van der Waals surface area contributed by atoms with Gasteiger partial charge in [-0.2, -0.15) is 0 Å². The highest BCUT2D eigenvalue weighted by atomic mass is 79.9. The summed E-state index contributed by atoms with van der Waals surface area (Å²) in [5, 5.41) is 0. The van der Waals surface area contributed by atoms with Crippen molar-refractivity contribution < 1.29 is 13.9 Å². The quantitative estimate of drug-likeness (QED) is 0.813. The predicted molar refractivity (Wildman–Crippen MR) is 94.0 cm³/mol. The number of benzene rings is 1. The van der Waals surface area contributed by atoms with Crippen LogP contribution in [0, 0.1) is 11.7 Å². The molecule has 0 saturated carbocycles. The molecule has 0 aliphatic carbocycles. The van der Waals surface area contributed by atoms with Crippen LogP contribution in [0.25, 0.3) is 0 Å². The molecular weight excluding hydrogens is 387 g/mol. The molecule has 0 aromatic heterocycles. The van der Waals surface area contributed by atoms with Gasteiger partial charge in [-0.05, 0) is 43.9 Å². The van der Waals surface area contributed by atoms with E-state index < -0.39 is 6.04 Å². The molecule has 23 heavy (non-hydrogen) atoms. The fourth-order valence-electron chi connectivity index (χ4n) is 2.70. The van der Waals surface area contributed by atoms with Crippen LogP contribution < -0.4 is 5.73 Å². The van der Waals surface area contributed by atoms with Crippen molar-refractivity contribution in [1.82, 2.24) is 4.90 Å². The lowest BCUT2D eigenvalue weighted by molar-refractivity contribution is -0.135. The number of rotatable bonds is 5. The second-order valence-corrected chi connectivity index (χ2v) is 6.48. The number of hydrogen-bond acceptors (Lipinski definition) is 3. The van der Waals surface area contributed by atoms with E-state index in [4.69, 9.17) is 10.5 Å². The second kappa shape index (κ2) is 9.57. The van der Waals surface area contributed by atoms with Gasteiger partial charge >= 0.3 is 0 Å². The van der Waals surface area contributed by atoms with E-state index in [-0.39, 0.29) is 36.6 Å². The van der Waals surface area contributed by atoms with Gasteiger partial charge in [0.15, 0.2) is 0 Å².